The quantitative estimate of drug-likeness (QED) is 0.810. The van der Waals surface area contributed by atoms with Crippen molar-refractivity contribution in [1.82, 2.24) is 4.90 Å². The molecule has 0 bridgehead atoms. The lowest BCUT2D eigenvalue weighted by Crippen LogP contribution is -2.30. The maximum Gasteiger partial charge on any atom is 0.222 e. The first-order valence-electron chi connectivity index (χ1n) is 6.30. The van der Waals surface area contributed by atoms with Crippen LogP contribution in [0.4, 0.5) is 0 Å². The Bertz CT molecular complexity index is 624. The second-order valence-electron chi connectivity index (χ2n) is 4.69. The van der Waals surface area contributed by atoms with Crippen molar-refractivity contribution in [2.75, 3.05) is 18.8 Å². The second-order valence-corrected chi connectivity index (χ2v) is 7.24. The Balaban J connectivity index is 2.06. The van der Waals surface area contributed by atoms with Crippen molar-refractivity contribution < 1.29 is 13.2 Å². The maximum atomic E-state index is 12.2. The Kier molecular flexibility index (Phi) is 4.39. The van der Waals surface area contributed by atoms with E-state index in [1.54, 1.807) is 17.0 Å². The highest BCUT2D eigenvalue weighted by molar-refractivity contribution is 7.91. The molecule has 0 aliphatic carbocycles. The third-order valence-electron chi connectivity index (χ3n) is 3.30. The fourth-order valence-electron chi connectivity index (χ4n) is 2.12. The van der Waals surface area contributed by atoms with Crippen molar-refractivity contribution in [2.45, 2.75) is 17.7 Å². The number of rotatable bonds is 5. The van der Waals surface area contributed by atoms with Crippen LogP contribution in [-0.4, -0.2) is 43.1 Å². The van der Waals surface area contributed by atoms with Gasteiger partial charge in [-0.15, -0.1) is 0 Å². The van der Waals surface area contributed by atoms with Crippen LogP contribution in [0.25, 0.3) is 0 Å². The minimum Gasteiger partial charge on any atom is -0.389 e. The Morgan fingerprint density at radius 3 is 2.45 bits per heavy atom. The summed E-state index contributed by atoms with van der Waals surface area (Å²) in [5.41, 5.74) is 6.10. The topological polar surface area (TPSA) is 80.5 Å². The normalized spacial score (nSPS) is 15.6. The van der Waals surface area contributed by atoms with E-state index in [4.69, 9.17) is 18.0 Å². The highest BCUT2D eigenvalue weighted by Gasteiger charge is 2.23. The van der Waals surface area contributed by atoms with Crippen LogP contribution in [-0.2, 0) is 14.6 Å². The molecular weight excluding hydrogens is 296 g/mol. The highest BCUT2D eigenvalue weighted by atomic mass is 32.2. The standard InChI is InChI=1S/C13H16N2O3S2/c14-13(19)10-3-5-11(6-4-10)20(17,18)9-8-15-7-1-2-12(15)16/h3-6H,1-2,7-9H2,(H2,14,19). The van der Waals surface area contributed by atoms with Gasteiger partial charge >= 0.3 is 0 Å². The molecule has 1 amide bonds. The number of hydrogen-bond donors (Lipinski definition) is 1. The minimum absolute atomic E-state index is 0.0315. The summed E-state index contributed by atoms with van der Waals surface area (Å²) in [5.74, 6) is -0.0328. The first kappa shape index (κ1) is 14.9. The average molecular weight is 312 g/mol. The van der Waals surface area contributed by atoms with E-state index in [0.29, 0.717) is 18.5 Å². The smallest absolute Gasteiger partial charge is 0.222 e. The molecular formula is C13H16N2O3S2. The number of thiocarbonyl (C=S) groups is 1. The van der Waals surface area contributed by atoms with Gasteiger partial charge in [-0.2, -0.15) is 0 Å². The van der Waals surface area contributed by atoms with Crippen molar-refractivity contribution in [1.29, 1.82) is 0 Å². The van der Waals surface area contributed by atoms with Crippen molar-refractivity contribution in [3.8, 4) is 0 Å². The number of sulfone groups is 1. The summed E-state index contributed by atoms with van der Waals surface area (Å²) in [7, 11) is -3.39. The second kappa shape index (κ2) is 5.88. The number of nitrogens with zero attached hydrogens (tertiary/aromatic N) is 1. The summed E-state index contributed by atoms with van der Waals surface area (Å²) in [6, 6.07) is 6.18. The zero-order valence-electron chi connectivity index (χ0n) is 10.9. The van der Waals surface area contributed by atoms with E-state index in [1.807, 2.05) is 0 Å². The molecule has 1 aromatic carbocycles. The third kappa shape index (κ3) is 3.34. The lowest BCUT2D eigenvalue weighted by molar-refractivity contribution is -0.127. The predicted octanol–water partition coefficient (Wildman–Crippen LogP) is 0.717. The van der Waals surface area contributed by atoms with Crippen LogP contribution >= 0.6 is 12.2 Å². The number of amides is 1. The van der Waals surface area contributed by atoms with Gasteiger partial charge in [0.25, 0.3) is 0 Å². The number of benzene rings is 1. The predicted molar refractivity (Wildman–Crippen MR) is 80.2 cm³/mol. The molecule has 1 aliphatic rings. The molecule has 0 spiro atoms. The molecule has 7 heteroatoms. The Morgan fingerprint density at radius 1 is 1.30 bits per heavy atom. The Labute approximate surface area is 123 Å². The third-order valence-corrected chi connectivity index (χ3v) is 5.25. The number of hydrogen-bond acceptors (Lipinski definition) is 4. The molecule has 0 unspecified atom stereocenters. The van der Waals surface area contributed by atoms with Gasteiger partial charge in [-0.25, -0.2) is 8.42 Å². The molecule has 5 nitrogen and oxygen atoms in total. The number of carbonyl (C=O) groups is 1. The van der Waals surface area contributed by atoms with Gasteiger partial charge in [-0.3, -0.25) is 4.79 Å². The van der Waals surface area contributed by atoms with E-state index < -0.39 is 9.84 Å². The first-order chi connectivity index (χ1) is 9.40. The number of carbonyl (C=O) groups excluding carboxylic acids is 1. The van der Waals surface area contributed by atoms with Crippen LogP contribution in [0.15, 0.2) is 29.2 Å². The van der Waals surface area contributed by atoms with Crippen molar-refractivity contribution in [2.24, 2.45) is 5.73 Å². The summed E-state index contributed by atoms with van der Waals surface area (Å²) < 4.78 is 24.3. The van der Waals surface area contributed by atoms with Gasteiger partial charge in [0.1, 0.15) is 4.99 Å². The van der Waals surface area contributed by atoms with E-state index in [0.717, 1.165) is 6.42 Å². The molecule has 1 saturated heterocycles. The van der Waals surface area contributed by atoms with Gasteiger partial charge in [0.2, 0.25) is 5.91 Å². The van der Waals surface area contributed by atoms with Gasteiger partial charge in [-0.05, 0) is 18.6 Å². The summed E-state index contributed by atoms with van der Waals surface area (Å²) in [6.45, 7) is 0.896. The monoisotopic (exact) mass is 312 g/mol. The molecule has 2 N–H and O–H groups in total. The van der Waals surface area contributed by atoms with Gasteiger partial charge in [0.15, 0.2) is 9.84 Å². The average Bonchev–Trinajstić information content (AvgIpc) is 2.82. The summed E-state index contributed by atoms with van der Waals surface area (Å²) >= 11 is 4.82. The van der Waals surface area contributed by atoms with Gasteiger partial charge in [-0.1, -0.05) is 24.4 Å². The summed E-state index contributed by atoms with van der Waals surface area (Å²) in [6.07, 6.45) is 1.32. The molecule has 1 aliphatic heterocycles. The van der Waals surface area contributed by atoms with Gasteiger partial charge in [0, 0.05) is 25.1 Å². The Morgan fingerprint density at radius 2 is 1.95 bits per heavy atom. The summed E-state index contributed by atoms with van der Waals surface area (Å²) in [4.78, 5) is 13.5. The van der Waals surface area contributed by atoms with Gasteiger partial charge in [0.05, 0.1) is 10.6 Å². The lowest BCUT2D eigenvalue weighted by atomic mass is 10.2. The molecule has 1 aromatic rings. The van der Waals surface area contributed by atoms with Crippen LogP contribution in [0, 0.1) is 0 Å². The van der Waals surface area contributed by atoms with E-state index in [2.05, 4.69) is 0 Å². The SMILES string of the molecule is NC(=S)c1ccc(S(=O)(=O)CCN2CCCC2=O)cc1. The minimum atomic E-state index is -3.39. The number of likely N-dealkylation sites (tertiary alicyclic amines) is 1. The molecule has 0 atom stereocenters. The van der Waals surface area contributed by atoms with Crippen molar-refractivity contribution in [3.05, 3.63) is 29.8 Å². The van der Waals surface area contributed by atoms with Crippen LogP contribution in [0.5, 0.6) is 0 Å². The lowest BCUT2D eigenvalue weighted by Gasteiger charge is -2.15. The summed E-state index contributed by atoms with van der Waals surface area (Å²) in [5, 5.41) is 0. The molecule has 2 rings (SSSR count). The molecule has 1 heterocycles. The van der Waals surface area contributed by atoms with E-state index in [9.17, 15) is 13.2 Å². The highest BCUT2D eigenvalue weighted by Crippen LogP contribution is 2.15. The van der Waals surface area contributed by atoms with E-state index in [1.165, 1.54) is 12.1 Å². The van der Waals surface area contributed by atoms with E-state index in [-0.39, 0.29) is 28.1 Å². The molecule has 0 radical (unpaired) electrons. The molecule has 0 saturated carbocycles. The van der Waals surface area contributed by atoms with Crippen LogP contribution in [0.3, 0.4) is 0 Å². The Hall–Kier alpha value is -1.47. The fourth-order valence-corrected chi connectivity index (χ4v) is 3.50. The maximum absolute atomic E-state index is 12.2. The van der Waals surface area contributed by atoms with E-state index >= 15 is 0 Å². The van der Waals surface area contributed by atoms with Gasteiger partial charge < -0.3 is 10.6 Å². The largest absolute Gasteiger partial charge is 0.389 e. The van der Waals surface area contributed by atoms with Crippen LogP contribution < -0.4 is 5.73 Å². The first-order valence-corrected chi connectivity index (χ1v) is 8.36. The van der Waals surface area contributed by atoms with Crippen molar-refractivity contribution >= 4 is 33.0 Å². The molecule has 20 heavy (non-hydrogen) atoms. The molecule has 108 valence electrons. The zero-order chi connectivity index (χ0) is 14.8. The van der Waals surface area contributed by atoms with Crippen LogP contribution in [0.2, 0.25) is 0 Å². The zero-order valence-corrected chi connectivity index (χ0v) is 12.5. The fraction of sp³-hybridized carbons (Fsp3) is 0.385. The number of nitrogens with two attached hydrogens (primary N) is 1. The molecule has 1 fully saturated rings. The molecule has 0 aromatic heterocycles. The van der Waals surface area contributed by atoms with Crippen LogP contribution in [0.1, 0.15) is 18.4 Å². The van der Waals surface area contributed by atoms with Crippen molar-refractivity contribution in [3.63, 3.8) is 0 Å².